The molecule has 1 atom stereocenters. The minimum Gasteiger partial charge on any atom is -0.496 e. The van der Waals surface area contributed by atoms with Gasteiger partial charge in [-0.2, -0.15) is 0 Å². The van der Waals surface area contributed by atoms with E-state index in [2.05, 4.69) is 0 Å². The molecule has 0 aliphatic rings. The zero-order valence-corrected chi connectivity index (χ0v) is 12.6. The van der Waals surface area contributed by atoms with Crippen LogP contribution in [0.2, 0.25) is 5.02 Å². The van der Waals surface area contributed by atoms with Gasteiger partial charge < -0.3 is 15.2 Å². The van der Waals surface area contributed by atoms with E-state index < -0.39 is 0 Å². The van der Waals surface area contributed by atoms with Crippen LogP contribution in [0.25, 0.3) is 0 Å². The van der Waals surface area contributed by atoms with Crippen molar-refractivity contribution in [2.45, 2.75) is 13.0 Å². The molecular weight excluding hydrogens is 274 g/mol. The third-order valence-electron chi connectivity index (χ3n) is 3.26. The van der Waals surface area contributed by atoms with Gasteiger partial charge in [0.1, 0.15) is 11.5 Å². The number of aryl methyl sites for hydroxylation is 1. The van der Waals surface area contributed by atoms with Gasteiger partial charge >= 0.3 is 0 Å². The van der Waals surface area contributed by atoms with Crippen LogP contribution in [0.1, 0.15) is 22.7 Å². The molecule has 0 spiro atoms. The van der Waals surface area contributed by atoms with E-state index in [9.17, 15) is 0 Å². The third-order valence-corrected chi connectivity index (χ3v) is 3.55. The number of benzene rings is 2. The predicted molar refractivity (Wildman–Crippen MR) is 81.8 cm³/mol. The van der Waals surface area contributed by atoms with Gasteiger partial charge in [0.25, 0.3) is 0 Å². The number of methoxy groups -OCH3 is 2. The smallest absolute Gasteiger partial charge is 0.137 e. The molecule has 2 N–H and O–H groups in total. The lowest BCUT2D eigenvalue weighted by Crippen LogP contribution is -2.13. The molecule has 4 heteroatoms. The molecule has 20 heavy (non-hydrogen) atoms. The van der Waals surface area contributed by atoms with Crippen LogP contribution in [-0.2, 0) is 0 Å². The Bertz CT molecular complexity index is 613. The van der Waals surface area contributed by atoms with Crippen LogP contribution in [0, 0.1) is 6.92 Å². The lowest BCUT2D eigenvalue weighted by atomic mass is 9.97. The Morgan fingerprint density at radius 3 is 2.25 bits per heavy atom. The normalized spacial score (nSPS) is 12.1. The van der Waals surface area contributed by atoms with Crippen LogP contribution in [-0.4, -0.2) is 14.2 Å². The predicted octanol–water partition coefficient (Wildman–Crippen LogP) is 3.71. The van der Waals surface area contributed by atoms with Crippen molar-refractivity contribution >= 4 is 11.6 Å². The fourth-order valence-electron chi connectivity index (χ4n) is 2.15. The van der Waals surface area contributed by atoms with Crippen molar-refractivity contribution in [1.82, 2.24) is 0 Å². The maximum Gasteiger partial charge on any atom is 0.137 e. The van der Waals surface area contributed by atoms with Crippen LogP contribution in [0.3, 0.4) is 0 Å². The highest BCUT2D eigenvalue weighted by molar-refractivity contribution is 6.32. The Morgan fingerprint density at radius 1 is 1.00 bits per heavy atom. The van der Waals surface area contributed by atoms with Crippen LogP contribution < -0.4 is 15.2 Å². The highest BCUT2D eigenvalue weighted by Crippen LogP contribution is 2.33. The molecule has 0 radical (unpaired) electrons. The zero-order chi connectivity index (χ0) is 14.7. The second-order valence-electron chi connectivity index (χ2n) is 4.62. The Labute approximate surface area is 124 Å². The van der Waals surface area contributed by atoms with E-state index >= 15 is 0 Å². The van der Waals surface area contributed by atoms with Crippen molar-refractivity contribution in [1.29, 1.82) is 0 Å². The molecule has 0 aliphatic carbocycles. The van der Waals surface area contributed by atoms with Crippen molar-refractivity contribution in [3.63, 3.8) is 0 Å². The minimum atomic E-state index is -0.298. The standard InChI is InChI=1S/C16H18ClNO2/c1-10-4-6-14(19-2)12(8-10)16(18)11-5-7-15(20-3)13(17)9-11/h4-9,16H,18H2,1-3H3. The molecule has 0 bridgehead atoms. The van der Waals surface area contributed by atoms with Gasteiger partial charge in [0.05, 0.1) is 25.3 Å². The van der Waals surface area contributed by atoms with E-state index in [4.69, 9.17) is 26.8 Å². The molecule has 3 nitrogen and oxygen atoms in total. The SMILES string of the molecule is COc1ccc(C(N)c2cc(C)ccc2OC)cc1Cl. The molecule has 0 amide bonds. The molecule has 2 aromatic rings. The number of rotatable bonds is 4. The van der Waals surface area contributed by atoms with Crippen LogP contribution >= 0.6 is 11.6 Å². The summed E-state index contributed by atoms with van der Waals surface area (Å²) in [5, 5.41) is 0.548. The van der Waals surface area contributed by atoms with Crippen molar-refractivity contribution in [3.8, 4) is 11.5 Å². The summed E-state index contributed by atoms with van der Waals surface area (Å²) in [6, 6.07) is 11.2. The molecule has 0 saturated heterocycles. The molecule has 0 saturated carbocycles. The molecule has 1 unspecified atom stereocenters. The van der Waals surface area contributed by atoms with Crippen LogP contribution in [0.4, 0.5) is 0 Å². The van der Waals surface area contributed by atoms with Crippen LogP contribution in [0.15, 0.2) is 36.4 Å². The lowest BCUT2D eigenvalue weighted by Gasteiger charge is -2.17. The average Bonchev–Trinajstić information content (AvgIpc) is 2.46. The fraction of sp³-hybridized carbons (Fsp3) is 0.250. The molecule has 2 rings (SSSR count). The Balaban J connectivity index is 2.43. The number of hydrogen-bond donors (Lipinski definition) is 1. The van der Waals surface area contributed by atoms with E-state index in [1.165, 1.54) is 0 Å². The number of ether oxygens (including phenoxy) is 2. The molecule has 2 aromatic carbocycles. The first kappa shape index (κ1) is 14.7. The quantitative estimate of drug-likeness (QED) is 0.934. The number of hydrogen-bond acceptors (Lipinski definition) is 3. The second-order valence-corrected chi connectivity index (χ2v) is 5.02. The molecular formula is C16H18ClNO2. The highest BCUT2D eigenvalue weighted by Gasteiger charge is 2.15. The monoisotopic (exact) mass is 291 g/mol. The summed E-state index contributed by atoms with van der Waals surface area (Å²) >= 11 is 6.15. The summed E-state index contributed by atoms with van der Waals surface area (Å²) in [6.07, 6.45) is 0. The summed E-state index contributed by atoms with van der Waals surface area (Å²) in [4.78, 5) is 0. The summed E-state index contributed by atoms with van der Waals surface area (Å²) in [5.74, 6) is 1.41. The number of halogens is 1. The third kappa shape index (κ3) is 2.89. The van der Waals surface area contributed by atoms with Crippen molar-refractivity contribution < 1.29 is 9.47 Å². The summed E-state index contributed by atoms with van der Waals surface area (Å²) in [7, 11) is 3.23. The highest BCUT2D eigenvalue weighted by atomic mass is 35.5. The molecule has 0 heterocycles. The first-order valence-electron chi connectivity index (χ1n) is 6.30. The van der Waals surface area contributed by atoms with Crippen molar-refractivity contribution in [2.24, 2.45) is 5.73 Å². The largest absolute Gasteiger partial charge is 0.496 e. The molecule has 106 valence electrons. The van der Waals surface area contributed by atoms with Crippen molar-refractivity contribution in [3.05, 3.63) is 58.1 Å². The Kier molecular flexibility index (Phi) is 4.53. The van der Waals surface area contributed by atoms with Gasteiger partial charge in [0.2, 0.25) is 0 Å². The van der Waals surface area contributed by atoms with E-state index in [-0.39, 0.29) is 6.04 Å². The van der Waals surface area contributed by atoms with E-state index in [0.29, 0.717) is 10.8 Å². The summed E-state index contributed by atoms with van der Waals surface area (Å²) in [6.45, 7) is 2.02. The fourth-order valence-corrected chi connectivity index (χ4v) is 2.42. The molecule has 0 aliphatic heterocycles. The van der Waals surface area contributed by atoms with Gasteiger partial charge in [0, 0.05) is 5.56 Å². The van der Waals surface area contributed by atoms with Gasteiger partial charge in [-0.1, -0.05) is 35.4 Å². The second kappa shape index (κ2) is 6.16. The van der Waals surface area contributed by atoms with E-state index in [0.717, 1.165) is 22.4 Å². The van der Waals surface area contributed by atoms with Gasteiger partial charge in [0.15, 0.2) is 0 Å². The topological polar surface area (TPSA) is 44.5 Å². The molecule has 0 fully saturated rings. The molecule has 0 aromatic heterocycles. The van der Waals surface area contributed by atoms with Gasteiger partial charge in [-0.3, -0.25) is 0 Å². The summed E-state index contributed by atoms with van der Waals surface area (Å²) in [5.41, 5.74) is 9.33. The van der Waals surface area contributed by atoms with Crippen molar-refractivity contribution in [2.75, 3.05) is 14.2 Å². The Hall–Kier alpha value is -1.71. The maximum absolute atomic E-state index is 6.34. The van der Waals surface area contributed by atoms with Gasteiger partial charge in [-0.25, -0.2) is 0 Å². The first-order chi connectivity index (χ1) is 9.56. The van der Waals surface area contributed by atoms with Gasteiger partial charge in [-0.15, -0.1) is 0 Å². The van der Waals surface area contributed by atoms with E-state index in [1.807, 2.05) is 43.3 Å². The maximum atomic E-state index is 6.34. The lowest BCUT2D eigenvalue weighted by molar-refractivity contribution is 0.407. The number of nitrogens with two attached hydrogens (primary N) is 1. The van der Waals surface area contributed by atoms with Crippen LogP contribution in [0.5, 0.6) is 11.5 Å². The first-order valence-corrected chi connectivity index (χ1v) is 6.68. The summed E-state index contributed by atoms with van der Waals surface area (Å²) < 4.78 is 10.5. The van der Waals surface area contributed by atoms with E-state index in [1.54, 1.807) is 14.2 Å². The van der Waals surface area contributed by atoms with Gasteiger partial charge in [-0.05, 0) is 30.7 Å². The Morgan fingerprint density at radius 2 is 1.65 bits per heavy atom. The average molecular weight is 292 g/mol. The minimum absolute atomic E-state index is 0.298. The zero-order valence-electron chi connectivity index (χ0n) is 11.8.